The van der Waals surface area contributed by atoms with Gasteiger partial charge < -0.3 is 15.2 Å². The third-order valence-electron chi connectivity index (χ3n) is 6.37. The van der Waals surface area contributed by atoms with Gasteiger partial charge in [0.25, 0.3) is 0 Å². The molecule has 1 aromatic carbocycles. The zero-order valence-corrected chi connectivity index (χ0v) is 22.7. The van der Waals surface area contributed by atoms with Crippen molar-refractivity contribution in [3.63, 3.8) is 0 Å². The summed E-state index contributed by atoms with van der Waals surface area (Å²) in [6.45, 7) is 2.45. The van der Waals surface area contributed by atoms with Crippen LogP contribution in [0.3, 0.4) is 0 Å². The fourth-order valence-corrected chi connectivity index (χ4v) is 4.72. The number of fused-ring (bicyclic) bond motifs is 2. The smallest absolute Gasteiger partial charge is 0.408 e. The second kappa shape index (κ2) is 12.2. The summed E-state index contributed by atoms with van der Waals surface area (Å²) < 4.78 is 69.1. The molecule has 39 heavy (non-hydrogen) atoms. The molecule has 1 aliphatic rings. The van der Waals surface area contributed by atoms with Gasteiger partial charge in [0, 0.05) is 43.9 Å². The molecule has 0 bridgehead atoms. The fraction of sp³-hybridized carbons (Fsp3) is 0.400. The number of hydrogen-bond acceptors (Lipinski definition) is 7. The van der Waals surface area contributed by atoms with Crippen molar-refractivity contribution in [2.45, 2.75) is 37.7 Å². The molecular formula is C25H28Cl2F4N6O2. The van der Waals surface area contributed by atoms with E-state index in [2.05, 4.69) is 15.2 Å². The van der Waals surface area contributed by atoms with Crippen LogP contribution < -0.4 is 10.5 Å². The summed E-state index contributed by atoms with van der Waals surface area (Å²) in [4.78, 5) is 5.94. The molecule has 1 saturated heterocycles. The molecule has 0 amide bonds. The Balaban J connectivity index is 0.00000210. The molecule has 14 heteroatoms. The van der Waals surface area contributed by atoms with Crippen molar-refractivity contribution in [1.29, 1.82) is 0 Å². The Morgan fingerprint density at radius 2 is 1.90 bits per heavy atom. The maximum absolute atomic E-state index is 14.5. The van der Waals surface area contributed by atoms with E-state index in [0.717, 1.165) is 0 Å². The van der Waals surface area contributed by atoms with Crippen molar-refractivity contribution in [2.75, 3.05) is 26.8 Å². The molecule has 2 N–H and O–H groups in total. The minimum absolute atomic E-state index is 0. The lowest BCUT2D eigenvalue weighted by molar-refractivity contribution is -0.183. The monoisotopic (exact) mass is 590 g/mol. The number of halogens is 6. The third-order valence-corrected chi connectivity index (χ3v) is 6.37. The molecule has 1 fully saturated rings. The molecule has 1 aliphatic heterocycles. The number of hydrogen-bond donors (Lipinski definition) is 1. The van der Waals surface area contributed by atoms with E-state index in [9.17, 15) is 17.6 Å². The largest absolute Gasteiger partial charge is 0.485 e. The number of likely N-dealkylation sites (tertiary alicyclic amines) is 1. The van der Waals surface area contributed by atoms with Crippen molar-refractivity contribution in [1.82, 2.24) is 24.5 Å². The van der Waals surface area contributed by atoms with Gasteiger partial charge in [-0.1, -0.05) is 12.1 Å². The molecule has 0 radical (unpaired) electrons. The molecule has 4 heterocycles. The first-order valence-corrected chi connectivity index (χ1v) is 11.8. The minimum atomic E-state index is -4.49. The number of nitrogens with two attached hydrogens (primary N) is 1. The number of alkyl halides is 3. The van der Waals surface area contributed by atoms with Gasteiger partial charge in [0.2, 0.25) is 0 Å². The Morgan fingerprint density at radius 3 is 2.56 bits per heavy atom. The van der Waals surface area contributed by atoms with Crippen LogP contribution >= 0.6 is 24.8 Å². The van der Waals surface area contributed by atoms with Crippen LogP contribution in [0.25, 0.3) is 28.1 Å². The number of benzene rings is 1. The van der Waals surface area contributed by atoms with Crippen molar-refractivity contribution in [2.24, 2.45) is 5.73 Å². The predicted molar refractivity (Wildman–Crippen MR) is 143 cm³/mol. The maximum Gasteiger partial charge on any atom is 0.408 e. The molecule has 0 saturated carbocycles. The summed E-state index contributed by atoms with van der Waals surface area (Å²) in [5.41, 5.74) is 7.11. The Kier molecular flexibility index (Phi) is 9.60. The summed E-state index contributed by atoms with van der Waals surface area (Å²) in [7, 11) is 1.52. The van der Waals surface area contributed by atoms with Gasteiger partial charge in [-0.05, 0) is 37.1 Å². The lowest BCUT2D eigenvalue weighted by atomic mass is 10.1. The Hall–Kier alpha value is -2.77. The van der Waals surface area contributed by atoms with E-state index < -0.39 is 18.0 Å². The first kappa shape index (κ1) is 30.8. The number of aromatic nitrogens is 4. The molecule has 8 nitrogen and oxygen atoms in total. The van der Waals surface area contributed by atoms with Crippen molar-refractivity contribution >= 4 is 41.4 Å². The van der Waals surface area contributed by atoms with Gasteiger partial charge >= 0.3 is 6.18 Å². The molecule has 4 aromatic rings. The van der Waals surface area contributed by atoms with Gasteiger partial charge in [-0.15, -0.1) is 35.0 Å². The molecule has 0 unspecified atom stereocenters. The van der Waals surface area contributed by atoms with E-state index >= 15 is 0 Å². The van der Waals surface area contributed by atoms with E-state index in [4.69, 9.17) is 15.2 Å². The number of ether oxygens (including phenoxy) is 2. The quantitative estimate of drug-likeness (QED) is 0.304. The molecular weight excluding hydrogens is 563 g/mol. The Morgan fingerprint density at radius 1 is 1.13 bits per heavy atom. The highest BCUT2D eigenvalue weighted by Crippen LogP contribution is 2.39. The van der Waals surface area contributed by atoms with Crippen LogP contribution in [-0.4, -0.2) is 69.6 Å². The molecule has 3 atom stereocenters. The second-order valence-electron chi connectivity index (χ2n) is 9.26. The van der Waals surface area contributed by atoms with Crippen LogP contribution in [0.5, 0.6) is 5.75 Å². The topological polar surface area (TPSA) is 90.8 Å². The maximum atomic E-state index is 14.5. The van der Waals surface area contributed by atoms with E-state index in [1.165, 1.54) is 46.9 Å². The van der Waals surface area contributed by atoms with E-state index in [1.807, 2.05) is 0 Å². The van der Waals surface area contributed by atoms with E-state index in [-0.39, 0.29) is 73.8 Å². The van der Waals surface area contributed by atoms with Crippen molar-refractivity contribution in [3.8, 4) is 17.3 Å². The van der Waals surface area contributed by atoms with Crippen LogP contribution in [0.2, 0.25) is 0 Å². The third kappa shape index (κ3) is 6.36. The highest BCUT2D eigenvalue weighted by Gasteiger charge is 2.46. The van der Waals surface area contributed by atoms with E-state index in [1.54, 1.807) is 19.1 Å². The zero-order chi connectivity index (χ0) is 26.3. The molecule has 0 aliphatic carbocycles. The zero-order valence-electron chi connectivity index (χ0n) is 21.1. The van der Waals surface area contributed by atoms with Crippen molar-refractivity contribution < 1.29 is 27.0 Å². The van der Waals surface area contributed by atoms with Crippen LogP contribution in [0, 0.1) is 5.82 Å². The first-order valence-electron chi connectivity index (χ1n) is 11.8. The highest BCUT2D eigenvalue weighted by molar-refractivity contribution is 5.85. The van der Waals surface area contributed by atoms with Gasteiger partial charge in [0.15, 0.2) is 23.0 Å². The van der Waals surface area contributed by atoms with Crippen LogP contribution in [0.4, 0.5) is 17.6 Å². The lowest BCUT2D eigenvalue weighted by Crippen LogP contribution is -2.38. The van der Waals surface area contributed by atoms with Crippen LogP contribution in [-0.2, 0) is 4.74 Å². The van der Waals surface area contributed by atoms with Crippen LogP contribution in [0.15, 0.2) is 42.6 Å². The van der Waals surface area contributed by atoms with Gasteiger partial charge in [-0.3, -0.25) is 9.30 Å². The molecule has 0 spiro atoms. The van der Waals surface area contributed by atoms with E-state index in [0.29, 0.717) is 28.7 Å². The normalized spacial score (nSPS) is 17.6. The summed E-state index contributed by atoms with van der Waals surface area (Å²) in [5, 5.41) is 8.80. The molecule has 212 valence electrons. The Labute approximate surface area is 234 Å². The predicted octanol–water partition coefficient (Wildman–Crippen LogP) is 4.98. The SMILES string of the molecule is COC[C@@H](C)Oc1cc2nc(-c3nnc4ccc([C@@H](N5CC[C@H](N)C5)C(F)(F)F)cn34)ccc2cc1F.Cl.Cl. The van der Waals surface area contributed by atoms with Gasteiger partial charge in [0.05, 0.1) is 12.1 Å². The average Bonchev–Trinajstić information content (AvgIpc) is 3.44. The highest BCUT2D eigenvalue weighted by atomic mass is 35.5. The summed E-state index contributed by atoms with van der Waals surface area (Å²) >= 11 is 0. The molecule has 3 aromatic heterocycles. The van der Waals surface area contributed by atoms with Gasteiger partial charge in [-0.2, -0.15) is 13.2 Å². The lowest BCUT2D eigenvalue weighted by Gasteiger charge is -2.30. The first-order chi connectivity index (χ1) is 17.6. The number of nitrogens with zero attached hydrogens (tertiary/aromatic N) is 5. The fourth-order valence-electron chi connectivity index (χ4n) is 4.72. The number of pyridine rings is 2. The summed E-state index contributed by atoms with van der Waals surface area (Å²) in [5.74, 6) is -0.258. The Bertz CT molecular complexity index is 1440. The van der Waals surface area contributed by atoms with Gasteiger partial charge in [-0.25, -0.2) is 9.37 Å². The van der Waals surface area contributed by atoms with Crippen LogP contribution in [0.1, 0.15) is 24.9 Å². The standard InChI is InChI=1S/C25H26F4N6O2.2ClH/c1-14(13-36-2)37-21-10-20-15(9-18(21)26)3-5-19(31-20)24-33-32-22-6-4-16(11-35(22)24)23(25(27,28)29)34-8-7-17(30)12-34;;/h3-6,9-11,14,17,23H,7-8,12-13,30H2,1-2H3;2*1H/t14-,17+,23-;;/m1../s1. The minimum Gasteiger partial charge on any atom is -0.485 e. The number of methoxy groups -OCH3 is 1. The number of rotatable bonds is 7. The average molecular weight is 591 g/mol. The summed E-state index contributed by atoms with van der Waals surface area (Å²) in [6.07, 6.45) is -2.98. The molecule has 5 rings (SSSR count). The van der Waals surface area contributed by atoms with Gasteiger partial charge in [0.1, 0.15) is 17.8 Å². The summed E-state index contributed by atoms with van der Waals surface area (Å²) in [6, 6.07) is 6.90. The van der Waals surface area contributed by atoms with Crippen molar-refractivity contribution in [3.05, 3.63) is 54.0 Å². The second-order valence-corrected chi connectivity index (χ2v) is 9.26.